The number of anilines is 4. The molecular weight excluding hydrogens is 1550 g/mol. The predicted molar refractivity (Wildman–Crippen MR) is 456 cm³/mol. The standard InChI is InChI=1S/2C21H27N2.2C15H10.C13H13OP.C2H3N.C2H6.2CH4.4ClH.2Ru/c2*1-14-9-16(3)20(17(4)10-14)22-7-8-23(13-22)21-18(5)11-15(2)12-19(21)6;2*1-2-6-12(7-3-1)15-11-10-13-8-4-5-9-14(13)15;1-14-15(12-8-4-2-5-9-12)13-10-6-3-7-11-13;1-2-3;1-2;;;;;;;;/h2*9-13H,7-8H2,1-6H3;2*1-9,11H;2-11H,1H3;1H3;1-2H3;2*1H4;4*1H;;/q2*-1;;;;;;;;;;;;2*+2/p-3/i;;;;;;1D;;;;;;;;. The molecule has 0 radical (unpaired) electrons. The van der Waals surface area contributed by atoms with Crippen molar-refractivity contribution in [3.8, 4) is 6.07 Å². The average molecular weight is 1660 g/mol. The van der Waals surface area contributed by atoms with Crippen LogP contribution in [0.4, 0.5) is 22.7 Å². The van der Waals surface area contributed by atoms with E-state index in [0.717, 1.165) is 34.4 Å². The van der Waals surface area contributed by atoms with Crippen LogP contribution in [0.1, 0.15) is 137 Å². The fourth-order valence-corrected chi connectivity index (χ4v) is 20.9. The van der Waals surface area contributed by atoms with E-state index in [-0.39, 0.29) is 14.9 Å². The molecule has 2 aliphatic carbocycles. The molecule has 0 amide bonds. The van der Waals surface area contributed by atoms with E-state index in [0.29, 0.717) is 6.90 Å². The molecule has 0 bridgehead atoms. The van der Waals surface area contributed by atoms with E-state index < -0.39 is 35.2 Å². The maximum absolute atomic E-state index is 7.32. The van der Waals surface area contributed by atoms with E-state index >= 15 is 0 Å². The summed E-state index contributed by atoms with van der Waals surface area (Å²) >= 11 is -3.76. The monoisotopic (exact) mass is 1660 g/mol. The van der Waals surface area contributed by atoms with E-state index in [1.54, 1.807) is 20.1 Å². The fraction of sp³-hybridized carbons (Fsp3) is 0.242. The van der Waals surface area contributed by atoms with Gasteiger partial charge < -0.3 is 19.6 Å². The summed E-state index contributed by atoms with van der Waals surface area (Å²) in [7, 11) is 25.5. The normalized spacial score (nSPS) is 13.2. The van der Waals surface area contributed by atoms with Gasteiger partial charge in [0.15, 0.2) is 8.15 Å². The molecule has 14 rings (SSSR count). The number of nitriles is 1. The number of halogens is 4. The molecule has 0 saturated carbocycles. The molecule has 2 heterocycles. The summed E-state index contributed by atoms with van der Waals surface area (Å²) in [5, 5.41) is 9.90. The van der Waals surface area contributed by atoms with Crippen molar-refractivity contribution in [3.05, 3.63) is 344 Å². The van der Waals surface area contributed by atoms with Crippen LogP contribution < -0.4 is 30.2 Å². The van der Waals surface area contributed by atoms with Crippen molar-refractivity contribution in [2.24, 2.45) is 0 Å². The molecule has 0 unspecified atom stereocenters. The van der Waals surface area contributed by atoms with Gasteiger partial charge in [-0.2, -0.15) is 18.6 Å². The van der Waals surface area contributed by atoms with Gasteiger partial charge in [0, 0.05) is 57.2 Å². The van der Waals surface area contributed by atoms with Gasteiger partial charge in [-0.25, -0.2) is 4.52 Å². The second-order valence-electron chi connectivity index (χ2n) is 25.5. The predicted octanol–water partition coefficient (Wildman–Crippen LogP) is 24.4. The van der Waals surface area contributed by atoms with Crippen molar-refractivity contribution in [3.63, 3.8) is 0 Å². The number of fused-ring (bicyclic) bond motifs is 2. The molecule has 2 fully saturated rings. The summed E-state index contributed by atoms with van der Waals surface area (Å²) in [4.78, 5) is 9.62. The number of aryl methyl sites for hydroxylation is 12. The Morgan fingerprint density at radius 3 is 0.827 bits per heavy atom. The van der Waals surface area contributed by atoms with Crippen molar-refractivity contribution in [1.29, 1.82) is 5.26 Å². The molecule has 0 spiro atoms. The third-order valence-electron chi connectivity index (χ3n) is 17.6. The molecule has 2 aliphatic heterocycles. The molecule has 4 aliphatic rings. The first-order chi connectivity index (χ1) is 49.5. The Morgan fingerprint density at radius 2 is 0.606 bits per heavy atom. The van der Waals surface area contributed by atoms with Crippen molar-refractivity contribution in [1.82, 2.24) is 0 Å². The number of nitrogens with zero attached hydrogens (tertiary/aromatic N) is 5. The van der Waals surface area contributed by atoms with Gasteiger partial charge >= 0.3 is 240 Å². The van der Waals surface area contributed by atoms with Crippen molar-refractivity contribution in [2.45, 2.75) is 119 Å². The molecule has 6 nitrogen and oxygen atoms in total. The molecule has 104 heavy (non-hydrogen) atoms. The van der Waals surface area contributed by atoms with E-state index in [2.05, 4.69) is 286 Å². The van der Waals surface area contributed by atoms with Gasteiger partial charge in [-0.3, -0.25) is 0 Å². The molecular formula is C91H105Cl4N5OPRu2-. The van der Waals surface area contributed by atoms with E-state index in [4.69, 9.17) is 49.9 Å². The van der Waals surface area contributed by atoms with E-state index in [1.165, 1.54) is 152 Å². The zero-order valence-electron chi connectivity index (χ0n) is 62.5. The SMILES string of the molecule is C.C.CC#N.CO[PH+](c1ccccc1)c1ccccc1.Cc1cc(C)c(N2[CH-]N(c3c(C)cc(C)cc3C)CC2)c(C)c1.Cc1cc(C)c(N2[CH-]N(c3c(C)cc(C)cc3C)CC2)c(C)c1.[2H]CC.[Cl][Ru]([Cl])=[C]1C=C(c2ccccc2)c2ccccc21.[Cl][Ru]([Cl])=[C]1C=C(c2ccccc2)c2ccccc21. The third kappa shape index (κ3) is 22.0. The van der Waals surface area contributed by atoms with Gasteiger partial charge in [0.1, 0.15) is 10.6 Å². The Bertz CT molecular complexity index is 4180. The van der Waals surface area contributed by atoms with Crippen LogP contribution in [0.3, 0.4) is 0 Å². The minimum absolute atomic E-state index is 0. The first-order valence-electron chi connectivity index (χ1n) is 34.9. The number of hydrogen-bond acceptors (Lipinski definition) is 6. The summed E-state index contributed by atoms with van der Waals surface area (Å²) in [6.07, 6.45) is 4.30. The number of benzene rings is 10. The van der Waals surface area contributed by atoms with E-state index in [9.17, 15) is 0 Å². The molecule has 0 aromatic heterocycles. The van der Waals surface area contributed by atoms with Crippen LogP contribution in [0.2, 0.25) is 0 Å². The molecule has 2 saturated heterocycles. The van der Waals surface area contributed by atoms with Crippen LogP contribution in [-0.4, -0.2) is 41.5 Å². The van der Waals surface area contributed by atoms with Crippen molar-refractivity contribution < 1.29 is 32.9 Å². The second-order valence-corrected chi connectivity index (χ2v) is 39.3. The Morgan fingerprint density at radius 1 is 0.394 bits per heavy atom. The molecule has 0 N–H and O–H groups in total. The first kappa shape index (κ1) is 84.2. The zero-order valence-corrected chi connectivity index (χ0v) is 69.0. The van der Waals surface area contributed by atoms with Crippen LogP contribution in [0.5, 0.6) is 0 Å². The van der Waals surface area contributed by atoms with Crippen molar-refractivity contribution >= 4 is 99.6 Å². The Hall–Kier alpha value is -7.09. The summed E-state index contributed by atoms with van der Waals surface area (Å²) < 4.78 is 14.1. The van der Waals surface area contributed by atoms with E-state index in [1.807, 2.05) is 60.7 Å². The molecule has 550 valence electrons. The van der Waals surface area contributed by atoms with Gasteiger partial charge in [0.2, 0.25) is 0 Å². The van der Waals surface area contributed by atoms with Crippen LogP contribution in [0, 0.1) is 108 Å². The summed E-state index contributed by atoms with van der Waals surface area (Å²) in [6, 6.07) is 78.1. The second kappa shape index (κ2) is 41.7. The van der Waals surface area contributed by atoms with Crippen LogP contribution in [-0.2, 0) is 31.6 Å². The third-order valence-corrected chi connectivity index (χ3v) is 26.0. The van der Waals surface area contributed by atoms with Crippen LogP contribution in [0.25, 0.3) is 11.1 Å². The average Bonchev–Trinajstić information content (AvgIpc) is 1.74. The topological polar surface area (TPSA) is 46.0 Å². The van der Waals surface area contributed by atoms with Gasteiger partial charge in [-0.1, -0.05) is 136 Å². The summed E-state index contributed by atoms with van der Waals surface area (Å²) in [5.41, 5.74) is 31.4. The van der Waals surface area contributed by atoms with Crippen molar-refractivity contribution in [2.75, 3.05) is 52.9 Å². The number of allylic oxidation sites excluding steroid dienone is 2. The minimum atomic E-state index is -1.88. The Kier molecular flexibility index (Phi) is 33.8. The van der Waals surface area contributed by atoms with Gasteiger partial charge in [-0.15, -0.1) is 0 Å². The number of hydrogen-bond donors (Lipinski definition) is 0. The van der Waals surface area contributed by atoms with Gasteiger partial charge in [0.05, 0.1) is 13.2 Å². The fourth-order valence-electron chi connectivity index (χ4n) is 14.1. The zero-order chi connectivity index (χ0) is 74.4. The summed E-state index contributed by atoms with van der Waals surface area (Å²) in [6.45, 7) is 38.9. The molecule has 0 atom stereocenters. The Balaban J connectivity index is 0.000000202. The van der Waals surface area contributed by atoms with Gasteiger partial charge in [-0.05, 0) is 152 Å². The quantitative estimate of drug-likeness (QED) is 0.0815. The summed E-state index contributed by atoms with van der Waals surface area (Å²) in [5.74, 6) is 0. The van der Waals surface area contributed by atoms with Gasteiger partial charge in [0.25, 0.3) is 0 Å². The molecule has 13 heteroatoms. The first-order valence-corrected chi connectivity index (χ1v) is 46.3. The van der Waals surface area contributed by atoms with Crippen LogP contribution >= 0.6 is 46.9 Å². The molecule has 10 aromatic carbocycles. The number of rotatable bonds is 9. The maximum atomic E-state index is 7.32. The Labute approximate surface area is 653 Å². The van der Waals surface area contributed by atoms with Crippen LogP contribution in [0.15, 0.2) is 231 Å². The molecule has 10 aromatic rings.